The number of rotatable bonds is 0. The minimum absolute atomic E-state index is 0.279. The van der Waals surface area contributed by atoms with E-state index in [1.807, 2.05) is 0 Å². The monoisotopic (exact) mass is 135 g/mol. The first-order valence-corrected chi connectivity index (χ1v) is 3.85. The third-order valence-electron chi connectivity index (χ3n) is 3.07. The molecule has 4 atom stereocenters. The van der Waals surface area contributed by atoms with Crippen LogP contribution in [0.3, 0.4) is 0 Å². The highest BCUT2D eigenvalue weighted by Gasteiger charge is 2.54. The molecule has 0 spiro atoms. The van der Waals surface area contributed by atoms with Gasteiger partial charge in [0.05, 0.1) is 5.92 Å². The molecule has 52 valence electrons. The molecule has 3 rings (SSSR count). The van der Waals surface area contributed by atoms with Crippen molar-refractivity contribution in [2.45, 2.75) is 12.5 Å². The van der Waals surface area contributed by atoms with Crippen LogP contribution < -0.4 is 5.32 Å². The minimum Gasteiger partial charge on any atom is -0.352 e. The molecule has 2 fully saturated rings. The van der Waals surface area contributed by atoms with E-state index < -0.39 is 0 Å². The van der Waals surface area contributed by atoms with E-state index in [0.29, 0.717) is 23.8 Å². The average molecular weight is 135 g/mol. The summed E-state index contributed by atoms with van der Waals surface area (Å²) in [7, 11) is 0. The molecule has 2 heteroatoms. The molecule has 10 heavy (non-hydrogen) atoms. The number of hydrogen-bond donors (Lipinski definition) is 1. The summed E-state index contributed by atoms with van der Waals surface area (Å²) in [5.41, 5.74) is 0. The fourth-order valence-corrected chi connectivity index (χ4v) is 2.54. The summed E-state index contributed by atoms with van der Waals surface area (Å²) >= 11 is 0. The van der Waals surface area contributed by atoms with Gasteiger partial charge < -0.3 is 5.32 Å². The lowest BCUT2D eigenvalue weighted by Crippen LogP contribution is -2.59. The Balaban J connectivity index is 2.03. The summed E-state index contributed by atoms with van der Waals surface area (Å²) in [5.74, 6) is 1.90. The number of fused-ring (bicyclic) bond motifs is 5. The lowest BCUT2D eigenvalue weighted by atomic mass is 9.82. The van der Waals surface area contributed by atoms with Crippen LogP contribution in [0, 0.1) is 17.8 Å². The number of amides is 1. The normalized spacial score (nSPS) is 54.2. The molecule has 3 aliphatic rings. The zero-order chi connectivity index (χ0) is 6.72. The minimum atomic E-state index is 0.279. The van der Waals surface area contributed by atoms with Crippen LogP contribution in [-0.2, 0) is 4.79 Å². The van der Waals surface area contributed by atoms with Crippen molar-refractivity contribution in [1.29, 1.82) is 0 Å². The molecule has 1 saturated heterocycles. The Morgan fingerprint density at radius 1 is 1.40 bits per heavy atom. The van der Waals surface area contributed by atoms with E-state index in [9.17, 15) is 4.79 Å². The molecule has 2 bridgehead atoms. The number of nitrogens with one attached hydrogen (secondary N) is 1. The van der Waals surface area contributed by atoms with Crippen molar-refractivity contribution in [3.63, 3.8) is 0 Å². The van der Waals surface area contributed by atoms with Gasteiger partial charge in [0.2, 0.25) is 5.91 Å². The van der Waals surface area contributed by atoms with Crippen molar-refractivity contribution in [3.05, 3.63) is 12.2 Å². The molecular weight excluding hydrogens is 126 g/mol. The lowest BCUT2D eigenvalue weighted by molar-refractivity contribution is -0.135. The Labute approximate surface area is 59.3 Å². The Hall–Kier alpha value is -0.790. The van der Waals surface area contributed by atoms with Crippen LogP contribution in [0.15, 0.2) is 12.2 Å². The maximum atomic E-state index is 11.0. The van der Waals surface area contributed by atoms with E-state index >= 15 is 0 Å². The molecule has 0 aromatic rings. The number of hydrogen-bond acceptors (Lipinski definition) is 1. The maximum Gasteiger partial charge on any atom is 0.226 e. The molecule has 1 amide bonds. The van der Waals surface area contributed by atoms with E-state index in [4.69, 9.17) is 0 Å². The molecule has 1 aliphatic heterocycles. The summed E-state index contributed by atoms with van der Waals surface area (Å²) in [6.07, 6.45) is 5.68. The Morgan fingerprint density at radius 2 is 2.20 bits per heavy atom. The second-order valence-electron chi connectivity index (χ2n) is 3.51. The van der Waals surface area contributed by atoms with E-state index in [-0.39, 0.29) is 5.91 Å². The van der Waals surface area contributed by atoms with Gasteiger partial charge in [-0.3, -0.25) is 4.79 Å². The molecule has 1 N–H and O–H groups in total. The zero-order valence-electron chi connectivity index (χ0n) is 5.58. The predicted molar refractivity (Wildman–Crippen MR) is 36.2 cm³/mol. The lowest BCUT2D eigenvalue weighted by Gasteiger charge is -2.37. The van der Waals surface area contributed by atoms with Gasteiger partial charge in [0, 0.05) is 6.04 Å². The molecular formula is C8H9NO. The second-order valence-corrected chi connectivity index (χ2v) is 3.51. The summed E-state index contributed by atoms with van der Waals surface area (Å²) < 4.78 is 0. The van der Waals surface area contributed by atoms with Crippen molar-refractivity contribution >= 4 is 5.91 Å². The van der Waals surface area contributed by atoms with Gasteiger partial charge in [-0.2, -0.15) is 0 Å². The average Bonchev–Trinajstić information content (AvgIpc) is 2.40. The standard InChI is InChI=1S/C8H9NO/c10-8-6-4-1-2-5(3-4)7(6)9-8/h1-2,4-7H,3H2,(H,9,10)/t4-,5-,6+,7-/m1/s1. The molecule has 0 radical (unpaired) electrons. The van der Waals surface area contributed by atoms with E-state index in [1.54, 1.807) is 0 Å². The van der Waals surface area contributed by atoms with Crippen LogP contribution in [0.1, 0.15) is 6.42 Å². The number of carbonyl (C=O) groups is 1. The van der Waals surface area contributed by atoms with Gasteiger partial charge in [-0.05, 0) is 18.3 Å². The highest BCUT2D eigenvalue weighted by atomic mass is 16.2. The Morgan fingerprint density at radius 3 is 2.80 bits per heavy atom. The van der Waals surface area contributed by atoms with Crippen LogP contribution in [0.2, 0.25) is 0 Å². The van der Waals surface area contributed by atoms with Gasteiger partial charge in [-0.1, -0.05) is 12.2 Å². The Bertz CT molecular complexity index is 233. The van der Waals surface area contributed by atoms with Crippen LogP contribution in [0.25, 0.3) is 0 Å². The van der Waals surface area contributed by atoms with E-state index in [0.717, 1.165) is 0 Å². The molecule has 0 aromatic carbocycles. The van der Waals surface area contributed by atoms with Gasteiger partial charge in [0.15, 0.2) is 0 Å². The van der Waals surface area contributed by atoms with Crippen LogP contribution >= 0.6 is 0 Å². The largest absolute Gasteiger partial charge is 0.352 e. The number of carbonyl (C=O) groups excluding carboxylic acids is 1. The number of β-lactam (4-membered cyclic amide) rings is 1. The van der Waals surface area contributed by atoms with Crippen molar-refractivity contribution < 1.29 is 4.79 Å². The highest BCUT2D eigenvalue weighted by molar-refractivity contribution is 5.87. The summed E-state index contributed by atoms with van der Waals surface area (Å²) in [6, 6.07) is 0.516. The van der Waals surface area contributed by atoms with Crippen molar-refractivity contribution in [2.75, 3.05) is 0 Å². The smallest absolute Gasteiger partial charge is 0.226 e. The molecule has 0 aromatic heterocycles. The van der Waals surface area contributed by atoms with E-state index in [1.165, 1.54) is 6.42 Å². The number of allylic oxidation sites excluding steroid dienone is 1. The molecule has 2 aliphatic carbocycles. The Kier molecular flexibility index (Phi) is 0.636. The first kappa shape index (κ1) is 4.94. The van der Waals surface area contributed by atoms with Crippen molar-refractivity contribution in [1.82, 2.24) is 5.32 Å². The highest BCUT2D eigenvalue weighted by Crippen LogP contribution is 2.47. The van der Waals surface area contributed by atoms with Crippen LogP contribution in [-0.4, -0.2) is 11.9 Å². The van der Waals surface area contributed by atoms with Crippen LogP contribution in [0.4, 0.5) is 0 Å². The van der Waals surface area contributed by atoms with Crippen molar-refractivity contribution in [2.24, 2.45) is 17.8 Å². The van der Waals surface area contributed by atoms with Gasteiger partial charge in [0.25, 0.3) is 0 Å². The SMILES string of the molecule is O=C1N[C@H]2[C@@H]1[C@@H]1C=C[C@@H]2C1. The van der Waals surface area contributed by atoms with Gasteiger partial charge >= 0.3 is 0 Å². The zero-order valence-corrected chi connectivity index (χ0v) is 5.58. The van der Waals surface area contributed by atoms with Crippen molar-refractivity contribution in [3.8, 4) is 0 Å². The maximum absolute atomic E-state index is 11.0. The first-order chi connectivity index (χ1) is 4.86. The fourth-order valence-electron chi connectivity index (χ4n) is 2.54. The molecule has 2 nitrogen and oxygen atoms in total. The van der Waals surface area contributed by atoms with Crippen LogP contribution in [0.5, 0.6) is 0 Å². The third kappa shape index (κ3) is 0.349. The first-order valence-electron chi connectivity index (χ1n) is 3.85. The van der Waals surface area contributed by atoms with Gasteiger partial charge in [-0.15, -0.1) is 0 Å². The summed E-state index contributed by atoms with van der Waals surface area (Å²) in [6.45, 7) is 0. The molecule has 0 unspecified atom stereocenters. The summed E-state index contributed by atoms with van der Waals surface area (Å²) in [4.78, 5) is 11.0. The molecule has 1 heterocycles. The van der Waals surface area contributed by atoms with E-state index in [2.05, 4.69) is 17.5 Å². The second kappa shape index (κ2) is 1.29. The molecule has 1 saturated carbocycles. The fraction of sp³-hybridized carbons (Fsp3) is 0.625. The third-order valence-corrected chi connectivity index (χ3v) is 3.07. The van der Waals surface area contributed by atoms with Gasteiger partial charge in [-0.25, -0.2) is 0 Å². The van der Waals surface area contributed by atoms with Gasteiger partial charge in [0.1, 0.15) is 0 Å². The topological polar surface area (TPSA) is 29.1 Å². The predicted octanol–water partition coefficient (Wildman–Crippen LogP) is 0.307. The summed E-state index contributed by atoms with van der Waals surface area (Å²) in [5, 5.41) is 2.95. The quantitative estimate of drug-likeness (QED) is 0.376.